The molecule has 0 radical (unpaired) electrons. The van der Waals surface area contributed by atoms with Crippen LogP contribution in [0.2, 0.25) is 0 Å². The van der Waals surface area contributed by atoms with Gasteiger partial charge in [0.1, 0.15) is 0 Å². The average Bonchev–Trinajstić information content (AvgIpc) is 2.37. The molecule has 1 rings (SSSR count). The van der Waals surface area contributed by atoms with Crippen molar-refractivity contribution < 1.29 is 4.79 Å². The Balaban J connectivity index is 2.22. The summed E-state index contributed by atoms with van der Waals surface area (Å²) >= 11 is 0. The van der Waals surface area contributed by atoms with Gasteiger partial charge >= 0.3 is 0 Å². The van der Waals surface area contributed by atoms with Crippen molar-refractivity contribution in [3.63, 3.8) is 0 Å². The van der Waals surface area contributed by atoms with E-state index in [0.29, 0.717) is 0 Å². The summed E-state index contributed by atoms with van der Waals surface area (Å²) in [5.41, 5.74) is 5.38. The summed E-state index contributed by atoms with van der Waals surface area (Å²) < 4.78 is 0. The first-order chi connectivity index (χ1) is 9.02. The van der Waals surface area contributed by atoms with Gasteiger partial charge in [-0.25, -0.2) is 0 Å². The van der Waals surface area contributed by atoms with Gasteiger partial charge in [-0.15, -0.1) is 0 Å². The Bertz CT molecular complexity index is 264. The van der Waals surface area contributed by atoms with Gasteiger partial charge in [-0.2, -0.15) is 0 Å². The Labute approximate surface area is 117 Å². The number of primary amides is 1. The minimum absolute atomic E-state index is 0.190. The summed E-state index contributed by atoms with van der Waals surface area (Å²) in [5.74, 6) is 0.557. The number of piperidine rings is 1. The van der Waals surface area contributed by atoms with Crippen LogP contribution in [-0.2, 0) is 4.79 Å². The summed E-state index contributed by atoms with van der Waals surface area (Å²) in [7, 11) is 4.33. The third kappa shape index (κ3) is 6.36. The molecule has 1 saturated heterocycles. The molecule has 1 atom stereocenters. The van der Waals surface area contributed by atoms with Crippen LogP contribution in [0.25, 0.3) is 0 Å². The van der Waals surface area contributed by atoms with E-state index in [1.165, 1.54) is 25.9 Å². The molecule has 112 valence electrons. The van der Waals surface area contributed by atoms with E-state index in [2.05, 4.69) is 29.2 Å². The first-order valence-corrected chi connectivity index (χ1v) is 7.42. The number of rotatable bonds is 8. The molecule has 5 heteroatoms. The fraction of sp³-hybridized carbons (Fsp3) is 0.929. The lowest BCUT2D eigenvalue weighted by atomic mass is 9.96. The topological polar surface area (TPSA) is 61.6 Å². The second-order valence-corrected chi connectivity index (χ2v) is 5.81. The lowest BCUT2D eigenvalue weighted by molar-refractivity contribution is -0.120. The van der Waals surface area contributed by atoms with Crippen molar-refractivity contribution in [1.82, 2.24) is 15.1 Å². The van der Waals surface area contributed by atoms with E-state index in [1.807, 2.05) is 6.92 Å². The molecule has 0 aliphatic carbocycles. The Kier molecular flexibility index (Phi) is 7.34. The van der Waals surface area contributed by atoms with Gasteiger partial charge in [0.25, 0.3) is 0 Å². The van der Waals surface area contributed by atoms with Crippen LogP contribution in [0.15, 0.2) is 0 Å². The molecule has 0 aromatic carbocycles. The molecule has 19 heavy (non-hydrogen) atoms. The van der Waals surface area contributed by atoms with E-state index in [1.54, 1.807) is 0 Å². The maximum atomic E-state index is 11.3. The largest absolute Gasteiger partial charge is 0.368 e. The van der Waals surface area contributed by atoms with Crippen LogP contribution in [0.3, 0.4) is 0 Å². The molecule has 0 spiro atoms. The zero-order chi connectivity index (χ0) is 14.3. The standard InChI is InChI=1S/C14H30N4O/c1-4-16-13(14(15)19)7-10-18(3)11-12-5-8-17(2)9-6-12/h12-13,16H,4-11H2,1-3H3,(H2,15,19). The van der Waals surface area contributed by atoms with Crippen LogP contribution in [0.1, 0.15) is 26.2 Å². The van der Waals surface area contributed by atoms with Crippen molar-refractivity contribution in [2.45, 2.75) is 32.2 Å². The molecule has 1 amide bonds. The highest BCUT2D eigenvalue weighted by Crippen LogP contribution is 2.16. The van der Waals surface area contributed by atoms with Crippen LogP contribution in [0, 0.1) is 5.92 Å². The Morgan fingerprint density at radius 2 is 2.11 bits per heavy atom. The number of carbonyl (C=O) groups excluding carboxylic acids is 1. The number of likely N-dealkylation sites (N-methyl/N-ethyl adjacent to an activating group) is 1. The third-order valence-electron chi connectivity index (χ3n) is 4.00. The first kappa shape index (κ1) is 16.4. The number of amides is 1. The molecule has 1 unspecified atom stereocenters. The average molecular weight is 270 g/mol. The number of carbonyl (C=O) groups is 1. The smallest absolute Gasteiger partial charge is 0.234 e. The van der Waals surface area contributed by atoms with Crippen molar-refractivity contribution in [2.24, 2.45) is 11.7 Å². The number of hydrogen-bond acceptors (Lipinski definition) is 4. The third-order valence-corrected chi connectivity index (χ3v) is 4.00. The van der Waals surface area contributed by atoms with Gasteiger partial charge in [0.2, 0.25) is 5.91 Å². The van der Waals surface area contributed by atoms with Crippen molar-refractivity contribution in [3.05, 3.63) is 0 Å². The highest BCUT2D eigenvalue weighted by molar-refractivity contribution is 5.79. The molecular formula is C14H30N4O. The second-order valence-electron chi connectivity index (χ2n) is 5.81. The minimum atomic E-state index is -0.241. The number of likely N-dealkylation sites (tertiary alicyclic amines) is 1. The Morgan fingerprint density at radius 1 is 1.47 bits per heavy atom. The fourth-order valence-electron chi connectivity index (χ4n) is 2.72. The molecule has 3 N–H and O–H groups in total. The number of nitrogens with zero attached hydrogens (tertiary/aromatic N) is 2. The molecule has 0 aromatic rings. The monoisotopic (exact) mass is 270 g/mol. The molecule has 1 heterocycles. The summed E-state index contributed by atoms with van der Waals surface area (Å²) in [6.45, 7) is 7.25. The van der Waals surface area contributed by atoms with Crippen LogP contribution >= 0.6 is 0 Å². The molecule has 1 fully saturated rings. The van der Waals surface area contributed by atoms with E-state index in [9.17, 15) is 4.79 Å². The highest BCUT2D eigenvalue weighted by atomic mass is 16.1. The van der Waals surface area contributed by atoms with Crippen molar-refractivity contribution in [2.75, 3.05) is 46.8 Å². The van der Waals surface area contributed by atoms with Gasteiger partial charge in [0.05, 0.1) is 6.04 Å². The van der Waals surface area contributed by atoms with Crippen LogP contribution in [0.5, 0.6) is 0 Å². The number of nitrogens with two attached hydrogens (primary N) is 1. The van der Waals surface area contributed by atoms with Gasteiger partial charge in [0, 0.05) is 6.54 Å². The van der Waals surface area contributed by atoms with E-state index >= 15 is 0 Å². The number of hydrogen-bond donors (Lipinski definition) is 2. The zero-order valence-electron chi connectivity index (χ0n) is 12.7. The Morgan fingerprint density at radius 3 is 2.63 bits per heavy atom. The van der Waals surface area contributed by atoms with Crippen LogP contribution in [0.4, 0.5) is 0 Å². The summed E-state index contributed by atoms with van der Waals surface area (Å²) in [4.78, 5) is 16.0. The van der Waals surface area contributed by atoms with E-state index < -0.39 is 0 Å². The molecule has 0 bridgehead atoms. The molecular weight excluding hydrogens is 240 g/mol. The SMILES string of the molecule is CCNC(CCN(C)CC1CCN(C)CC1)C(N)=O. The summed E-state index contributed by atoms with van der Waals surface area (Å²) in [5, 5.41) is 3.14. The first-order valence-electron chi connectivity index (χ1n) is 7.42. The fourth-order valence-corrected chi connectivity index (χ4v) is 2.72. The number of nitrogens with one attached hydrogen (secondary N) is 1. The quantitative estimate of drug-likeness (QED) is 0.657. The Hall–Kier alpha value is -0.650. The van der Waals surface area contributed by atoms with Crippen LogP contribution in [-0.4, -0.2) is 68.6 Å². The normalized spacial score (nSPS) is 19.8. The van der Waals surface area contributed by atoms with E-state index in [0.717, 1.165) is 32.0 Å². The second kappa shape index (κ2) is 8.51. The predicted molar refractivity (Wildman–Crippen MR) is 79.0 cm³/mol. The lowest BCUT2D eigenvalue weighted by Crippen LogP contribution is -2.44. The van der Waals surface area contributed by atoms with Crippen LogP contribution < -0.4 is 11.1 Å². The molecule has 1 aliphatic heterocycles. The predicted octanol–water partition coefficient (Wildman–Crippen LogP) is 0.114. The van der Waals surface area contributed by atoms with Gasteiger partial charge < -0.3 is 20.9 Å². The molecule has 1 aliphatic rings. The van der Waals surface area contributed by atoms with Crippen molar-refractivity contribution in [1.29, 1.82) is 0 Å². The maximum Gasteiger partial charge on any atom is 0.234 e. The van der Waals surface area contributed by atoms with Crippen molar-refractivity contribution in [3.8, 4) is 0 Å². The van der Waals surface area contributed by atoms with Gasteiger partial charge in [-0.1, -0.05) is 6.92 Å². The van der Waals surface area contributed by atoms with Gasteiger partial charge in [-0.3, -0.25) is 4.79 Å². The molecule has 0 saturated carbocycles. The van der Waals surface area contributed by atoms with Crippen molar-refractivity contribution >= 4 is 5.91 Å². The van der Waals surface area contributed by atoms with Gasteiger partial charge in [-0.05, 0) is 65.5 Å². The summed E-state index contributed by atoms with van der Waals surface area (Å²) in [6, 6.07) is -0.190. The highest BCUT2D eigenvalue weighted by Gasteiger charge is 2.19. The molecule has 0 aromatic heterocycles. The minimum Gasteiger partial charge on any atom is -0.368 e. The van der Waals surface area contributed by atoms with Gasteiger partial charge in [0.15, 0.2) is 0 Å². The summed E-state index contributed by atoms with van der Waals surface area (Å²) in [6.07, 6.45) is 3.37. The zero-order valence-corrected chi connectivity index (χ0v) is 12.7. The lowest BCUT2D eigenvalue weighted by Gasteiger charge is -2.32. The molecule has 5 nitrogen and oxygen atoms in total. The van der Waals surface area contributed by atoms with E-state index in [4.69, 9.17) is 5.73 Å². The van der Waals surface area contributed by atoms with E-state index in [-0.39, 0.29) is 11.9 Å². The maximum absolute atomic E-state index is 11.3.